The number of nitrogens with zero attached hydrogens (tertiary/aromatic N) is 3. The molecule has 1 aromatic heterocycles. The lowest BCUT2D eigenvalue weighted by Crippen LogP contribution is -2.45. The van der Waals surface area contributed by atoms with Gasteiger partial charge in [0, 0.05) is 50.6 Å². The Morgan fingerprint density at radius 2 is 2.03 bits per heavy atom. The van der Waals surface area contributed by atoms with Crippen molar-refractivity contribution in [2.75, 3.05) is 25.1 Å². The van der Waals surface area contributed by atoms with Crippen LogP contribution in [0.4, 0.5) is 18.9 Å². The summed E-state index contributed by atoms with van der Waals surface area (Å²) in [4.78, 5) is 7.54. The average Bonchev–Trinajstić information content (AvgIpc) is 2.94. The zero-order valence-electron chi connectivity index (χ0n) is 15.7. The van der Waals surface area contributed by atoms with Crippen LogP contribution in [0.25, 0.3) is 0 Å². The summed E-state index contributed by atoms with van der Waals surface area (Å²) in [6, 6.07) is 5.07. The van der Waals surface area contributed by atoms with E-state index in [-0.39, 0.29) is 12.5 Å². The molecule has 1 aliphatic rings. The Labute approximate surface area is 165 Å². The zero-order valence-corrected chi connectivity index (χ0v) is 15.7. The SMILES string of the molecule is Cn1ccnc1C(O)(CCN=C(N)Nc1ccc2c(c1)OCCCO2)C(F)(F)F. The number of benzene rings is 1. The van der Waals surface area contributed by atoms with Crippen LogP contribution in [0.5, 0.6) is 11.5 Å². The zero-order chi connectivity index (χ0) is 21.1. The van der Waals surface area contributed by atoms with Gasteiger partial charge in [-0.1, -0.05) is 0 Å². The largest absolute Gasteiger partial charge is 0.490 e. The lowest BCUT2D eigenvalue weighted by Gasteiger charge is -2.29. The lowest BCUT2D eigenvalue weighted by molar-refractivity contribution is -0.272. The van der Waals surface area contributed by atoms with Gasteiger partial charge in [0.15, 0.2) is 17.5 Å². The predicted molar refractivity (Wildman–Crippen MR) is 99.9 cm³/mol. The van der Waals surface area contributed by atoms with E-state index in [4.69, 9.17) is 15.2 Å². The van der Waals surface area contributed by atoms with Gasteiger partial charge in [0.2, 0.25) is 5.60 Å². The van der Waals surface area contributed by atoms with Crippen molar-refractivity contribution in [3.8, 4) is 11.5 Å². The fourth-order valence-electron chi connectivity index (χ4n) is 2.91. The summed E-state index contributed by atoms with van der Waals surface area (Å²) in [6.07, 6.45) is -2.37. The van der Waals surface area contributed by atoms with E-state index in [0.29, 0.717) is 30.4 Å². The van der Waals surface area contributed by atoms with Crippen LogP contribution < -0.4 is 20.5 Å². The number of halogens is 3. The van der Waals surface area contributed by atoms with Crippen LogP contribution in [0.15, 0.2) is 35.6 Å². The highest BCUT2D eigenvalue weighted by Gasteiger charge is 2.57. The van der Waals surface area contributed by atoms with Gasteiger partial charge in [0.05, 0.1) is 13.2 Å². The molecule has 0 saturated carbocycles. The molecule has 2 heterocycles. The van der Waals surface area contributed by atoms with Gasteiger partial charge < -0.3 is 30.2 Å². The second kappa shape index (κ2) is 8.19. The fraction of sp³-hybridized carbons (Fsp3) is 0.444. The van der Waals surface area contributed by atoms with Crippen LogP contribution in [0.1, 0.15) is 18.7 Å². The number of alkyl halides is 3. The Morgan fingerprint density at radius 1 is 1.31 bits per heavy atom. The fourth-order valence-corrected chi connectivity index (χ4v) is 2.91. The van der Waals surface area contributed by atoms with Crippen LogP contribution in [0, 0.1) is 0 Å². The molecular formula is C18H22F3N5O3. The summed E-state index contributed by atoms with van der Waals surface area (Å²) in [5, 5.41) is 13.1. The summed E-state index contributed by atoms with van der Waals surface area (Å²) in [5.41, 5.74) is 3.20. The van der Waals surface area contributed by atoms with E-state index in [1.807, 2.05) is 0 Å². The van der Waals surface area contributed by atoms with Gasteiger partial charge >= 0.3 is 6.18 Å². The van der Waals surface area contributed by atoms with Gasteiger partial charge in [0.1, 0.15) is 5.82 Å². The number of guanidine groups is 1. The number of aryl methyl sites for hydroxylation is 1. The first-order chi connectivity index (χ1) is 13.7. The third kappa shape index (κ3) is 4.56. The highest BCUT2D eigenvalue weighted by molar-refractivity contribution is 5.92. The maximum atomic E-state index is 13.5. The van der Waals surface area contributed by atoms with Crippen LogP contribution in [0.2, 0.25) is 0 Å². The van der Waals surface area contributed by atoms with Crippen molar-refractivity contribution < 1.29 is 27.8 Å². The van der Waals surface area contributed by atoms with E-state index in [2.05, 4.69) is 15.3 Å². The lowest BCUT2D eigenvalue weighted by atomic mass is 9.98. The Kier molecular flexibility index (Phi) is 5.87. The minimum atomic E-state index is -4.92. The predicted octanol–water partition coefficient (Wildman–Crippen LogP) is 2.15. The third-order valence-electron chi connectivity index (χ3n) is 4.44. The number of imidazole rings is 1. The first kappa shape index (κ1) is 20.8. The van der Waals surface area contributed by atoms with Crippen molar-refractivity contribution in [3.63, 3.8) is 0 Å². The van der Waals surface area contributed by atoms with Crippen molar-refractivity contribution in [1.29, 1.82) is 0 Å². The minimum Gasteiger partial charge on any atom is -0.490 e. The quantitative estimate of drug-likeness (QED) is 0.512. The van der Waals surface area contributed by atoms with Crippen LogP contribution in [-0.4, -0.2) is 46.6 Å². The number of ether oxygens (including phenoxy) is 2. The van der Waals surface area contributed by atoms with Gasteiger partial charge in [-0.05, 0) is 12.1 Å². The molecule has 158 valence electrons. The molecule has 3 rings (SSSR count). The van der Waals surface area contributed by atoms with Gasteiger partial charge in [-0.2, -0.15) is 13.2 Å². The standard InChI is InChI=1S/C18H22F3N5O3/c1-26-8-7-23-15(26)17(27,18(19,20)21)5-6-24-16(22)25-12-3-4-13-14(11-12)29-10-2-9-28-13/h3-4,7-8,11,27H,2,5-6,9-10H2,1H3,(H3,22,24,25). The van der Waals surface area contributed by atoms with Crippen molar-refractivity contribution in [2.45, 2.75) is 24.6 Å². The second-order valence-electron chi connectivity index (χ2n) is 6.57. The summed E-state index contributed by atoms with van der Waals surface area (Å²) in [5.74, 6) is 0.550. The molecule has 0 spiro atoms. The Hall–Kier alpha value is -2.95. The van der Waals surface area contributed by atoms with Crippen LogP contribution >= 0.6 is 0 Å². The molecule has 0 bridgehead atoms. The van der Waals surface area contributed by atoms with E-state index < -0.39 is 24.0 Å². The number of rotatable bonds is 5. The molecule has 1 unspecified atom stereocenters. The molecule has 0 saturated heterocycles. The van der Waals surface area contributed by atoms with Gasteiger partial charge in [-0.3, -0.25) is 4.99 Å². The first-order valence-corrected chi connectivity index (χ1v) is 8.94. The number of aliphatic hydroxyl groups is 1. The van der Waals surface area contributed by atoms with E-state index in [0.717, 1.165) is 11.0 Å². The van der Waals surface area contributed by atoms with Crippen molar-refractivity contribution >= 4 is 11.6 Å². The molecule has 1 aromatic carbocycles. The number of anilines is 1. The summed E-state index contributed by atoms with van der Waals surface area (Å²) < 4.78 is 52.7. The highest BCUT2D eigenvalue weighted by Crippen LogP contribution is 2.40. The number of hydrogen-bond acceptors (Lipinski definition) is 5. The molecule has 0 amide bonds. The Morgan fingerprint density at radius 3 is 2.69 bits per heavy atom. The highest BCUT2D eigenvalue weighted by atomic mass is 19.4. The van der Waals surface area contributed by atoms with Gasteiger partial charge in [-0.15, -0.1) is 0 Å². The van der Waals surface area contributed by atoms with E-state index in [9.17, 15) is 18.3 Å². The molecule has 29 heavy (non-hydrogen) atoms. The molecule has 8 nitrogen and oxygen atoms in total. The van der Waals surface area contributed by atoms with Gasteiger partial charge in [-0.25, -0.2) is 4.98 Å². The smallest absolute Gasteiger partial charge is 0.424 e. The monoisotopic (exact) mass is 413 g/mol. The van der Waals surface area contributed by atoms with Gasteiger partial charge in [0.25, 0.3) is 0 Å². The Bertz CT molecular complexity index is 884. The maximum Gasteiger partial charge on any atom is 0.424 e. The number of aromatic nitrogens is 2. The molecular weight excluding hydrogens is 391 g/mol. The number of aliphatic imine (C=N–C) groups is 1. The van der Waals surface area contributed by atoms with Crippen molar-refractivity contribution in [1.82, 2.24) is 9.55 Å². The summed E-state index contributed by atoms with van der Waals surface area (Å²) in [6.45, 7) is 0.705. The number of nitrogens with one attached hydrogen (secondary N) is 1. The molecule has 1 atom stereocenters. The van der Waals surface area contributed by atoms with E-state index in [1.165, 1.54) is 19.4 Å². The number of nitrogens with two attached hydrogens (primary N) is 1. The minimum absolute atomic E-state index is 0.0937. The van der Waals surface area contributed by atoms with Crippen LogP contribution in [-0.2, 0) is 12.6 Å². The number of fused-ring (bicyclic) bond motifs is 1. The molecule has 0 radical (unpaired) electrons. The van der Waals surface area contributed by atoms with Crippen molar-refractivity contribution in [2.24, 2.45) is 17.8 Å². The topological polar surface area (TPSA) is 107 Å². The third-order valence-corrected chi connectivity index (χ3v) is 4.44. The molecule has 0 fully saturated rings. The normalized spacial score (nSPS) is 16.8. The molecule has 0 aliphatic carbocycles. The van der Waals surface area contributed by atoms with Crippen molar-refractivity contribution in [3.05, 3.63) is 36.4 Å². The molecule has 2 aromatic rings. The summed E-state index contributed by atoms with van der Waals surface area (Å²) in [7, 11) is 1.38. The summed E-state index contributed by atoms with van der Waals surface area (Å²) >= 11 is 0. The average molecular weight is 413 g/mol. The Balaban J connectivity index is 1.68. The second-order valence-corrected chi connectivity index (χ2v) is 6.57. The van der Waals surface area contributed by atoms with E-state index >= 15 is 0 Å². The first-order valence-electron chi connectivity index (χ1n) is 8.94. The molecule has 1 aliphatic heterocycles. The molecule has 4 N–H and O–H groups in total. The molecule has 11 heteroatoms. The van der Waals surface area contributed by atoms with Crippen LogP contribution in [0.3, 0.4) is 0 Å². The maximum absolute atomic E-state index is 13.5. The number of hydrogen-bond donors (Lipinski definition) is 3. The van der Waals surface area contributed by atoms with E-state index in [1.54, 1.807) is 18.2 Å².